The van der Waals surface area contributed by atoms with E-state index in [1.54, 1.807) is 12.4 Å². The number of carbonyl (C=O) groups excluding carboxylic acids is 3. The first-order chi connectivity index (χ1) is 19.4. The summed E-state index contributed by atoms with van der Waals surface area (Å²) in [6.07, 6.45) is 5.35. The maximum Gasteiger partial charge on any atom is 0.305 e. The number of H-pyrrole nitrogens is 1. The van der Waals surface area contributed by atoms with Crippen molar-refractivity contribution >= 4 is 29.4 Å². The minimum atomic E-state index is -1.04. The molecule has 5 atom stereocenters. The van der Waals surface area contributed by atoms with Gasteiger partial charge in [-0.25, -0.2) is 0 Å². The fourth-order valence-electron chi connectivity index (χ4n) is 5.76. The molecule has 2 aromatic rings. The van der Waals surface area contributed by atoms with Gasteiger partial charge in [0.15, 0.2) is 0 Å². The first kappa shape index (κ1) is 30.2. The van der Waals surface area contributed by atoms with Crippen molar-refractivity contribution in [3.05, 3.63) is 47.3 Å². The molecule has 0 radical (unpaired) electrons. The molecular weight excluding hydrogens is 524 g/mol. The summed E-state index contributed by atoms with van der Waals surface area (Å²) in [6.45, 7) is 10.0. The highest BCUT2D eigenvalue weighted by Crippen LogP contribution is 2.39. The number of anilines is 1. The van der Waals surface area contributed by atoms with Gasteiger partial charge in [-0.3, -0.25) is 29.2 Å². The number of aliphatic carboxylic acids is 1. The summed E-state index contributed by atoms with van der Waals surface area (Å²) in [5.74, 6) is -1.98. The van der Waals surface area contributed by atoms with Crippen molar-refractivity contribution in [1.82, 2.24) is 26.1 Å². The molecule has 2 aliphatic heterocycles. The number of carboxylic acid groups (broad SMARTS) is 1. The van der Waals surface area contributed by atoms with E-state index in [2.05, 4.69) is 26.1 Å². The van der Waals surface area contributed by atoms with E-state index in [1.165, 1.54) is 4.90 Å². The number of rotatable bonds is 11. The number of benzene rings is 1. The predicted octanol–water partition coefficient (Wildman–Crippen LogP) is 2.10. The summed E-state index contributed by atoms with van der Waals surface area (Å²) < 4.78 is 0. The molecule has 0 aliphatic carbocycles. The number of nitrogens with zero attached hydrogens (tertiary/aromatic N) is 2. The van der Waals surface area contributed by atoms with Crippen LogP contribution in [0.1, 0.15) is 70.6 Å². The lowest BCUT2D eigenvalue weighted by atomic mass is 9.94. The van der Waals surface area contributed by atoms with Crippen LogP contribution in [0.3, 0.4) is 0 Å². The second kappa shape index (κ2) is 12.4. The van der Waals surface area contributed by atoms with Crippen LogP contribution < -0.4 is 20.9 Å². The van der Waals surface area contributed by atoms with Gasteiger partial charge in [-0.15, -0.1) is 0 Å². The SMILES string of the molecule is CC[C@H](C)[C@H](NC(C)(C)C)C(=O)NC1CCc2cccc3c2N(C1=O)[C@H](C(=O)N[C@@H](CC(=O)O)Cc1cn[nH]c1)C3. The third kappa shape index (κ3) is 7.13. The van der Waals surface area contributed by atoms with Gasteiger partial charge in [0.2, 0.25) is 17.7 Å². The number of aromatic amines is 1. The lowest BCUT2D eigenvalue weighted by Crippen LogP contribution is -2.60. The summed E-state index contributed by atoms with van der Waals surface area (Å²) in [5.41, 5.74) is 3.03. The Morgan fingerprint density at radius 1 is 1.22 bits per heavy atom. The molecule has 4 rings (SSSR count). The van der Waals surface area contributed by atoms with Crippen molar-refractivity contribution in [3.8, 4) is 0 Å². The van der Waals surface area contributed by atoms with Gasteiger partial charge in [-0.2, -0.15) is 5.10 Å². The molecule has 1 aromatic heterocycles. The van der Waals surface area contributed by atoms with Crippen LogP contribution >= 0.6 is 0 Å². The van der Waals surface area contributed by atoms with Gasteiger partial charge < -0.3 is 21.1 Å². The van der Waals surface area contributed by atoms with E-state index in [0.717, 1.165) is 28.8 Å². The maximum atomic E-state index is 14.1. The Hall–Kier alpha value is -3.73. The summed E-state index contributed by atoms with van der Waals surface area (Å²) in [5, 5.41) is 25.4. The van der Waals surface area contributed by atoms with Crippen molar-refractivity contribution in [2.75, 3.05) is 4.90 Å². The minimum absolute atomic E-state index is 0.0469. The number of aryl methyl sites for hydroxylation is 1. The normalized spacial score (nSPS) is 20.5. The lowest BCUT2D eigenvalue weighted by molar-refractivity contribution is -0.138. The molecule has 222 valence electrons. The Balaban J connectivity index is 1.58. The smallest absolute Gasteiger partial charge is 0.305 e. The largest absolute Gasteiger partial charge is 0.481 e. The molecule has 1 unspecified atom stereocenters. The summed E-state index contributed by atoms with van der Waals surface area (Å²) in [6, 6.07) is 2.98. The molecule has 2 aliphatic rings. The number of hydrogen-bond donors (Lipinski definition) is 5. The first-order valence-electron chi connectivity index (χ1n) is 14.4. The summed E-state index contributed by atoms with van der Waals surface area (Å²) >= 11 is 0. The van der Waals surface area contributed by atoms with Crippen molar-refractivity contribution in [1.29, 1.82) is 0 Å². The highest BCUT2D eigenvalue weighted by Gasteiger charge is 2.45. The fraction of sp³-hybridized carbons (Fsp3) is 0.567. The van der Waals surface area contributed by atoms with Crippen molar-refractivity contribution in [2.24, 2.45) is 5.92 Å². The summed E-state index contributed by atoms with van der Waals surface area (Å²) in [4.78, 5) is 54.4. The lowest BCUT2D eigenvalue weighted by Gasteiger charge is -2.33. The van der Waals surface area contributed by atoms with E-state index in [1.807, 2.05) is 52.8 Å². The molecule has 41 heavy (non-hydrogen) atoms. The van der Waals surface area contributed by atoms with E-state index in [-0.39, 0.29) is 36.1 Å². The molecule has 1 aromatic carbocycles. The zero-order valence-electron chi connectivity index (χ0n) is 24.5. The Bertz CT molecular complexity index is 1270. The predicted molar refractivity (Wildman–Crippen MR) is 154 cm³/mol. The van der Waals surface area contributed by atoms with Crippen LogP contribution in [0.5, 0.6) is 0 Å². The average molecular weight is 567 g/mol. The third-order valence-electron chi connectivity index (χ3n) is 7.91. The molecular formula is C30H42N6O5. The number of carbonyl (C=O) groups is 4. The molecule has 5 N–H and O–H groups in total. The molecule has 3 heterocycles. The van der Waals surface area contributed by atoms with Crippen molar-refractivity contribution in [3.63, 3.8) is 0 Å². The van der Waals surface area contributed by atoms with Gasteiger partial charge in [-0.1, -0.05) is 38.5 Å². The Morgan fingerprint density at radius 3 is 2.59 bits per heavy atom. The van der Waals surface area contributed by atoms with Crippen LogP contribution in [0.25, 0.3) is 0 Å². The van der Waals surface area contributed by atoms with E-state index in [4.69, 9.17) is 0 Å². The number of aromatic nitrogens is 2. The van der Waals surface area contributed by atoms with Crippen LogP contribution in [0.4, 0.5) is 5.69 Å². The number of hydrogen-bond acceptors (Lipinski definition) is 6. The summed E-state index contributed by atoms with van der Waals surface area (Å²) in [7, 11) is 0. The molecule has 0 saturated carbocycles. The standard InChI is InChI=1S/C30H42N6O5/c1-6-17(2)25(35-30(3,4)5)28(40)34-22-11-10-19-8-7-9-20-13-23(36(26(19)20)29(22)41)27(39)33-21(14-24(37)38)12-18-15-31-32-16-18/h7-9,15-17,21-23,25,35H,6,10-14H2,1-5H3,(H,31,32)(H,33,39)(H,34,40)(H,37,38)/t17-,21+,22?,23-,25-/m0/s1. The molecule has 11 heteroatoms. The number of nitrogens with one attached hydrogen (secondary N) is 4. The van der Waals surface area contributed by atoms with Crippen LogP contribution in [-0.2, 0) is 38.4 Å². The molecule has 0 bridgehead atoms. The van der Waals surface area contributed by atoms with Gasteiger partial charge in [0.05, 0.1) is 24.3 Å². The van der Waals surface area contributed by atoms with E-state index < -0.39 is 36.0 Å². The van der Waals surface area contributed by atoms with Crippen LogP contribution in [0.15, 0.2) is 30.6 Å². The van der Waals surface area contributed by atoms with Crippen LogP contribution in [0.2, 0.25) is 0 Å². The second-order valence-corrected chi connectivity index (χ2v) is 12.3. The number of carboxylic acids is 1. The first-order valence-corrected chi connectivity index (χ1v) is 14.4. The van der Waals surface area contributed by atoms with E-state index >= 15 is 0 Å². The average Bonchev–Trinajstić information content (AvgIpc) is 3.52. The van der Waals surface area contributed by atoms with Crippen molar-refractivity contribution in [2.45, 2.75) is 103 Å². The molecule has 11 nitrogen and oxygen atoms in total. The monoisotopic (exact) mass is 566 g/mol. The third-order valence-corrected chi connectivity index (χ3v) is 7.91. The minimum Gasteiger partial charge on any atom is -0.481 e. The Kier molecular flexibility index (Phi) is 9.16. The van der Waals surface area contributed by atoms with Crippen molar-refractivity contribution < 1.29 is 24.3 Å². The zero-order valence-corrected chi connectivity index (χ0v) is 24.5. The van der Waals surface area contributed by atoms with E-state index in [9.17, 15) is 24.3 Å². The molecule has 0 saturated heterocycles. The zero-order chi connectivity index (χ0) is 29.9. The van der Waals surface area contributed by atoms with Gasteiger partial charge in [0, 0.05) is 24.2 Å². The maximum absolute atomic E-state index is 14.1. The second-order valence-electron chi connectivity index (χ2n) is 12.3. The van der Waals surface area contributed by atoms with Crippen LogP contribution in [-0.4, -0.2) is 68.7 Å². The fourth-order valence-corrected chi connectivity index (χ4v) is 5.76. The quantitative estimate of drug-likeness (QED) is 0.279. The van der Waals surface area contributed by atoms with E-state index in [0.29, 0.717) is 19.3 Å². The molecule has 0 fully saturated rings. The Morgan fingerprint density at radius 2 is 1.95 bits per heavy atom. The van der Waals surface area contributed by atoms with Gasteiger partial charge in [-0.05, 0) is 62.6 Å². The highest BCUT2D eigenvalue weighted by molar-refractivity contribution is 6.08. The van der Waals surface area contributed by atoms with Crippen LogP contribution in [0, 0.1) is 5.92 Å². The number of amides is 3. The topological polar surface area (TPSA) is 157 Å². The Labute approximate surface area is 240 Å². The molecule has 3 amide bonds. The number of para-hydroxylation sites is 1. The van der Waals surface area contributed by atoms with Gasteiger partial charge in [0.25, 0.3) is 0 Å². The van der Waals surface area contributed by atoms with Gasteiger partial charge in [0.1, 0.15) is 12.1 Å². The highest BCUT2D eigenvalue weighted by atomic mass is 16.4. The van der Waals surface area contributed by atoms with Gasteiger partial charge >= 0.3 is 5.97 Å². The molecule has 0 spiro atoms.